The molecule has 0 spiro atoms. The van der Waals surface area contributed by atoms with Gasteiger partial charge in [-0.3, -0.25) is 4.79 Å². The molecule has 1 fully saturated rings. The van der Waals surface area contributed by atoms with E-state index in [0.29, 0.717) is 37.2 Å². The lowest BCUT2D eigenvalue weighted by atomic mass is 9.70. The molecule has 2 bridgehead atoms. The van der Waals surface area contributed by atoms with Gasteiger partial charge in [0.05, 0.1) is 31.1 Å². The molecule has 0 radical (unpaired) electrons. The molecule has 1 saturated carbocycles. The van der Waals surface area contributed by atoms with Crippen LogP contribution in [0.1, 0.15) is 54.1 Å². The van der Waals surface area contributed by atoms with Crippen LogP contribution in [0, 0.1) is 17.8 Å². The summed E-state index contributed by atoms with van der Waals surface area (Å²) in [4.78, 5) is 15.7. The molecule has 0 unspecified atom stereocenters. The number of alkyl halides is 1. The smallest absolute Gasteiger partial charge is 0.254 e. The molecule has 10 heteroatoms. The number of hydrogen-bond donors (Lipinski definition) is 0. The van der Waals surface area contributed by atoms with Crippen LogP contribution in [0.3, 0.4) is 0 Å². The Hall–Kier alpha value is -1.66. The molecule has 5 rings (SSSR count). The third-order valence-corrected chi connectivity index (χ3v) is 10.7. The van der Waals surface area contributed by atoms with Crippen LogP contribution < -0.4 is 9.64 Å². The van der Waals surface area contributed by atoms with Crippen molar-refractivity contribution in [3.63, 3.8) is 0 Å². The molecule has 1 amide bonds. The summed E-state index contributed by atoms with van der Waals surface area (Å²) in [6.07, 6.45) is 8.90. The van der Waals surface area contributed by atoms with Gasteiger partial charge in [0.2, 0.25) is 0 Å². The van der Waals surface area contributed by atoms with Gasteiger partial charge in [0.15, 0.2) is 0 Å². The fourth-order valence-electron chi connectivity index (χ4n) is 6.30. The van der Waals surface area contributed by atoms with Crippen LogP contribution in [-0.4, -0.2) is 55.2 Å². The Morgan fingerprint density at radius 1 is 1.12 bits per heavy atom. The Morgan fingerprint density at radius 3 is 2.72 bits per heavy atom. The molecule has 0 N–H and O–H groups in total. The van der Waals surface area contributed by atoms with Gasteiger partial charge in [-0.25, -0.2) is 0 Å². The lowest BCUT2D eigenvalue weighted by molar-refractivity contribution is 0.0115. The quantitative estimate of drug-likeness (QED) is 0.141. The number of carbonyl (C=O) groups is 1. The maximum absolute atomic E-state index is 13.3. The largest absolute Gasteiger partial charge is 0.491 e. The van der Waals surface area contributed by atoms with E-state index in [1.165, 1.54) is 11.1 Å². The molecule has 2 aromatic rings. The van der Waals surface area contributed by atoms with Crippen molar-refractivity contribution in [1.82, 2.24) is 0 Å². The monoisotopic (exact) mass is 739 g/mol. The minimum absolute atomic E-state index is 0.0570. The molecule has 234 valence electrons. The van der Waals surface area contributed by atoms with Gasteiger partial charge < -0.3 is 27.7 Å². The number of hydrogen-bond acceptors (Lipinski definition) is 7. The van der Waals surface area contributed by atoms with E-state index in [4.69, 9.17) is 25.8 Å². The highest BCUT2D eigenvalue weighted by molar-refractivity contribution is 14.1. The number of benzene rings is 2. The van der Waals surface area contributed by atoms with Crippen LogP contribution in [0.2, 0.25) is 5.02 Å². The highest BCUT2D eigenvalue weighted by Gasteiger charge is 2.38. The van der Waals surface area contributed by atoms with Gasteiger partial charge in [0, 0.05) is 35.2 Å². The van der Waals surface area contributed by atoms with Crippen molar-refractivity contribution in [2.45, 2.75) is 57.8 Å². The number of carbonyl (C=O) groups excluding carboxylic acids is 1. The molecular weight excluding hydrogens is 699 g/mol. The van der Waals surface area contributed by atoms with Crippen LogP contribution in [-0.2, 0) is 37.2 Å². The summed E-state index contributed by atoms with van der Waals surface area (Å²) in [5.74, 6) is 1.13. The Balaban J connectivity index is 1.59. The zero-order chi connectivity index (χ0) is 30.3. The molecule has 2 aliphatic heterocycles. The molecule has 2 heterocycles. The number of fused-ring (bicyclic) bond motifs is 3. The lowest BCUT2D eigenvalue weighted by Gasteiger charge is -2.43. The van der Waals surface area contributed by atoms with E-state index >= 15 is 0 Å². The fourth-order valence-corrected chi connectivity index (χ4v) is 7.75. The van der Waals surface area contributed by atoms with Gasteiger partial charge in [-0.05, 0) is 91.3 Å². The van der Waals surface area contributed by atoms with Crippen LogP contribution in [0.15, 0.2) is 52.9 Å². The lowest BCUT2D eigenvalue weighted by Crippen LogP contribution is -2.43. The predicted octanol–water partition coefficient (Wildman–Crippen LogP) is 7.42. The number of amides is 1. The van der Waals surface area contributed by atoms with Crippen molar-refractivity contribution in [2.75, 3.05) is 41.9 Å². The topological polar surface area (TPSA) is 77.4 Å². The Bertz CT molecular complexity index is 1400. The van der Waals surface area contributed by atoms with Crippen molar-refractivity contribution < 1.29 is 23.2 Å². The van der Waals surface area contributed by atoms with Gasteiger partial charge >= 0.3 is 0 Å². The van der Waals surface area contributed by atoms with Crippen molar-refractivity contribution in [3.8, 4) is 5.75 Å². The number of aryl methyl sites for hydroxylation is 1. The maximum atomic E-state index is 13.3. The second kappa shape index (κ2) is 15.6. The first-order chi connectivity index (χ1) is 20.9. The van der Waals surface area contributed by atoms with E-state index in [9.17, 15) is 9.00 Å². The standard InChI is InChI=1S/C33H41ClIN2O5S/c1-22-21-43(39)36-33(38)24-8-11-32-29(18-24)37(19-25-6-9-27(34)17-23(25)5-3-4-15-41-32)20-26-7-10-28(26)31(40-2)13-12-30(22)42-16-14-35/h6,8-9,11-13,17-18,22,26,28,30-31H,3-5,7,10,14-16,19-21H2,1-2H3/q-1/b13-12+/t22-,26+,28-,30+,31+/m1/s1. The van der Waals surface area contributed by atoms with E-state index in [0.717, 1.165) is 59.5 Å². The van der Waals surface area contributed by atoms with E-state index < -0.39 is 16.5 Å². The molecule has 5 atom stereocenters. The first-order valence-electron chi connectivity index (χ1n) is 15.2. The molecule has 7 nitrogen and oxygen atoms in total. The second-order valence-electron chi connectivity index (χ2n) is 11.8. The number of halogens is 2. The van der Waals surface area contributed by atoms with Gasteiger partial charge in [-0.15, -0.1) is 0 Å². The Kier molecular flexibility index (Phi) is 11.8. The van der Waals surface area contributed by atoms with Crippen molar-refractivity contribution >= 4 is 56.4 Å². The molecule has 0 saturated heterocycles. The molecular formula is C33H41ClIN2O5S-. The number of rotatable bonds is 4. The summed E-state index contributed by atoms with van der Waals surface area (Å²) in [5, 5.41) is 0.740. The van der Waals surface area contributed by atoms with Gasteiger partial charge in [-0.1, -0.05) is 65.1 Å². The summed E-state index contributed by atoms with van der Waals surface area (Å²) in [6, 6.07) is 11.6. The Labute approximate surface area is 276 Å². The molecule has 1 aliphatic carbocycles. The van der Waals surface area contributed by atoms with E-state index in [-0.39, 0.29) is 23.9 Å². The summed E-state index contributed by atoms with van der Waals surface area (Å²) in [6.45, 7) is 4.61. The van der Waals surface area contributed by atoms with Crippen LogP contribution in [0.5, 0.6) is 5.75 Å². The first kappa shape index (κ1) is 32.7. The second-order valence-corrected chi connectivity index (χ2v) is 14.4. The minimum Gasteiger partial charge on any atom is -0.491 e. The highest BCUT2D eigenvalue weighted by Crippen LogP contribution is 2.42. The van der Waals surface area contributed by atoms with E-state index in [1.807, 2.05) is 25.1 Å². The Morgan fingerprint density at radius 2 is 1.95 bits per heavy atom. The third kappa shape index (κ3) is 8.34. The van der Waals surface area contributed by atoms with E-state index in [2.05, 4.69) is 56.1 Å². The zero-order valence-electron chi connectivity index (χ0n) is 24.9. The van der Waals surface area contributed by atoms with Gasteiger partial charge in [0.1, 0.15) is 5.75 Å². The van der Waals surface area contributed by atoms with Crippen LogP contribution in [0.25, 0.3) is 0 Å². The van der Waals surface area contributed by atoms with Crippen LogP contribution >= 0.6 is 34.2 Å². The summed E-state index contributed by atoms with van der Waals surface area (Å²) in [5.41, 5.74) is 3.73. The predicted molar refractivity (Wildman–Crippen MR) is 181 cm³/mol. The van der Waals surface area contributed by atoms with Gasteiger partial charge in [0.25, 0.3) is 5.91 Å². The van der Waals surface area contributed by atoms with Crippen LogP contribution in [0.4, 0.5) is 5.69 Å². The van der Waals surface area contributed by atoms with Crippen molar-refractivity contribution in [3.05, 3.63) is 70.3 Å². The van der Waals surface area contributed by atoms with Gasteiger partial charge in [-0.2, -0.15) is 10.6 Å². The SMILES string of the molecule is CO[C@H]1/C=C/[C@H](OCCI)[C@H](C)C[S-](=O)=NC(=O)c2ccc3c(c2)N(Cc2ccc(Cl)cc2CCCCO3)C[C@@H]2CC[C@H]21. The maximum Gasteiger partial charge on any atom is 0.254 e. The summed E-state index contributed by atoms with van der Waals surface area (Å²) < 4.78 is 36.6. The number of methoxy groups -OCH3 is 1. The molecule has 2 aromatic carbocycles. The third-order valence-electron chi connectivity index (χ3n) is 8.83. The van der Waals surface area contributed by atoms with E-state index in [1.54, 1.807) is 13.2 Å². The van der Waals surface area contributed by atoms with Crippen molar-refractivity contribution in [2.24, 2.45) is 22.1 Å². The molecule has 3 aliphatic rings. The minimum atomic E-state index is -1.70. The average molecular weight is 740 g/mol. The summed E-state index contributed by atoms with van der Waals surface area (Å²) >= 11 is 8.72. The normalized spacial score (nSPS) is 27.9. The summed E-state index contributed by atoms with van der Waals surface area (Å²) in [7, 11) is 0.0756. The molecule has 0 aromatic heterocycles. The number of nitrogens with zero attached hydrogens (tertiary/aromatic N) is 2. The van der Waals surface area contributed by atoms with Crippen molar-refractivity contribution in [1.29, 1.82) is 0 Å². The highest BCUT2D eigenvalue weighted by atomic mass is 127. The average Bonchev–Trinajstić information content (AvgIpc) is 3.00. The fraction of sp³-hybridized carbons (Fsp3) is 0.545. The first-order valence-corrected chi connectivity index (χ1v) is 18.4. The number of anilines is 1. The molecule has 43 heavy (non-hydrogen) atoms. The zero-order valence-corrected chi connectivity index (χ0v) is 28.6. The number of ether oxygens (including phenoxy) is 3.